The Kier molecular flexibility index (Phi) is 3.95. The number of amides is 1. The second-order valence-electron chi connectivity index (χ2n) is 5.79. The van der Waals surface area contributed by atoms with Crippen molar-refractivity contribution in [1.82, 2.24) is 9.88 Å². The van der Waals surface area contributed by atoms with Crippen LogP contribution >= 0.6 is 15.9 Å². The lowest BCUT2D eigenvalue weighted by Crippen LogP contribution is -2.38. The number of carboxylic acid groups (broad SMARTS) is 1. The average Bonchev–Trinajstić information content (AvgIpc) is 3.28. The summed E-state index contributed by atoms with van der Waals surface area (Å²) < 4.78 is 0.738. The van der Waals surface area contributed by atoms with Gasteiger partial charge in [-0.15, -0.1) is 0 Å². The van der Waals surface area contributed by atoms with Gasteiger partial charge in [0.25, 0.3) is 5.91 Å². The Balaban J connectivity index is 1.92. The van der Waals surface area contributed by atoms with Crippen LogP contribution in [-0.2, 0) is 4.79 Å². The van der Waals surface area contributed by atoms with Crippen molar-refractivity contribution in [2.75, 3.05) is 6.54 Å². The molecule has 1 aliphatic carbocycles. The van der Waals surface area contributed by atoms with E-state index in [9.17, 15) is 9.59 Å². The maximum atomic E-state index is 12.8. The predicted octanol–water partition coefficient (Wildman–Crippen LogP) is 3.26. The summed E-state index contributed by atoms with van der Waals surface area (Å²) in [6.07, 6.45) is 1.88. The Bertz CT molecular complexity index is 736. The molecule has 0 spiro atoms. The number of para-hydroxylation sites is 1. The van der Waals surface area contributed by atoms with Gasteiger partial charge in [0.05, 0.1) is 10.4 Å². The third-order valence-electron chi connectivity index (χ3n) is 4.00. The van der Waals surface area contributed by atoms with Crippen LogP contribution in [0.5, 0.6) is 0 Å². The molecule has 1 atom stereocenters. The number of hydrogen-bond donors (Lipinski definition) is 2. The van der Waals surface area contributed by atoms with Gasteiger partial charge in [0.1, 0.15) is 5.69 Å². The van der Waals surface area contributed by atoms with E-state index in [2.05, 4.69) is 20.9 Å². The van der Waals surface area contributed by atoms with Crippen LogP contribution in [0.15, 0.2) is 28.7 Å². The van der Waals surface area contributed by atoms with Gasteiger partial charge in [0.2, 0.25) is 0 Å². The van der Waals surface area contributed by atoms with Crippen LogP contribution in [0.25, 0.3) is 10.9 Å². The zero-order valence-corrected chi connectivity index (χ0v) is 13.8. The topological polar surface area (TPSA) is 73.4 Å². The van der Waals surface area contributed by atoms with E-state index < -0.39 is 11.9 Å². The molecule has 116 valence electrons. The Labute approximate surface area is 136 Å². The molecule has 1 fully saturated rings. The molecule has 1 aromatic carbocycles. The van der Waals surface area contributed by atoms with Crippen LogP contribution in [-0.4, -0.2) is 39.5 Å². The number of halogens is 1. The number of rotatable bonds is 5. The number of hydrogen-bond acceptors (Lipinski definition) is 2. The van der Waals surface area contributed by atoms with Gasteiger partial charge in [0, 0.05) is 23.5 Å². The first-order valence-electron chi connectivity index (χ1n) is 7.29. The standard InChI is InChI=1S/C16H17BrN2O3/c1-9(16(21)22)8-19(10-6-7-10)15(20)14-13(17)11-4-2-3-5-12(11)18-14/h2-5,9-10,18H,6-8H2,1H3,(H,21,22)/t9-/m1/s1. The van der Waals surface area contributed by atoms with Gasteiger partial charge in [-0.1, -0.05) is 25.1 Å². The van der Waals surface area contributed by atoms with Crippen molar-refractivity contribution in [2.45, 2.75) is 25.8 Å². The maximum Gasteiger partial charge on any atom is 0.308 e. The maximum absolute atomic E-state index is 12.8. The first-order valence-corrected chi connectivity index (χ1v) is 8.08. The van der Waals surface area contributed by atoms with Crippen molar-refractivity contribution < 1.29 is 14.7 Å². The number of carbonyl (C=O) groups is 2. The van der Waals surface area contributed by atoms with E-state index in [0.29, 0.717) is 5.69 Å². The Morgan fingerprint density at radius 1 is 1.41 bits per heavy atom. The van der Waals surface area contributed by atoms with Crippen LogP contribution in [0.1, 0.15) is 30.3 Å². The molecule has 0 unspecified atom stereocenters. The molecule has 0 radical (unpaired) electrons. The number of fused-ring (bicyclic) bond motifs is 1. The second kappa shape index (κ2) is 5.76. The quantitative estimate of drug-likeness (QED) is 0.854. The average molecular weight is 365 g/mol. The zero-order valence-electron chi connectivity index (χ0n) is 12.2. The largest absolute Gasteiger partial charge is 0.481 e. The highest BCUT2D eigenvalue weighted by Gasteiger charge is 2.36. The van der Waals surface area contributed by atoms with Crippen molar-refractivity contribution in [3.63, 3.8) is 0 Å². The lowest BCUT2D eigenvalue weighted by molar-refractivity contribution is -0.141. The summed E-state index contributed by atoms with van der Waals surface area (Å²) in [5.74, 6) is -1.60. The van der Waals surface area contributed by atoms with E-state index >= 15 is 0 Å². The van der Waals surface area contributed by atoms with Crippen molar-refractivity contribution in [3.05, 3.63) is 34.4 Å². The van der Waals surface area contributed by atoms with Gasteiger partial charge in [-0.25, -0.2) is 0 Å². The van der Waals surface area contributed by atoms with Crippen LogP contribution in [0.2, 0.25) is 0 Å². The summed E-state index contributed by atoms with van der Waals surface area (Å²) in [5.41, 5.74) is 1.38. The van der Waals surface area contributed by atoms with Crippen molar-refractivity contribution >= 4 is 38.7 Å². The minimum atomic E-state index is -0.880. The number of H-pyrrole nitrogens is 1. The van der Waals surface area contributed by atoms with Gasteiger partial charge < -0.3 is 15.0 Å². The van der Waals surface area contributed by atoms with E-state index in [-0.39, 0.29) is 18.5 Å². The van der Waals surface area contributed by atoms with Crippen molar-refractivity contribution in [1.29, 1.82) is 0 Å². The van der Waals surface area contributed by atoms with Crippen molar-refractivity contribution in [2.24, 2.45) is 5.92 Å². The minimum Gasteiger partial charge on any atom is -0.481 e. The summed E-state index contributed by atoms with van der Waals surface area (Å²) in [4.78, 5) is 28.8. The molecule has 5 nitrogen and oxygen atoms in total. The van der Waals surface area contributed by atoms with Gasteiger partial charge in [-0.2, -0.15) is 0 Å². The third-order valence-corrected chi connectivity index (χ3v) is 4.82. The third kappa shape index (κ3) is 2.75. The zero-order chi connectivity index (χ0) is 15.9. The van der Waals surface area contributed by atoms with Gasteiger partial charge in [-0.3, -0.25) is 9.59 Å². The molecular weight excluding hydrogens is 348 g/mol. The molecule has 0 saturated heterocycles. The van der Waals surface area contributed by atoms with Crippen LogP contribution in [0.3, 0.4) is 0 Å². The smallest absolute Gasteiger partial charge is 0.308 e. The highest BCUT2D eigenvalue weighted by atomic mass is 79.9. The van der Waals surface area contributed by atoms with E-state index in [1.165, 1.54) is 0 Å². The van der Waals surface area contributed by atoms with Gasteiger partial charge in [0.15, 0.2) is 0 Å². The predicted molar refractivity (Wildman–Crippen MR) is 86.9 cm³/mol. The highest BCUT2D eigenvalue weighted by Crippen LogP contribution is 2.33. The number of benzene rings is 1. The molecule has 2 aromatic rings. The summed E-state index contributed by atoms with van der Waals surface area (Å²) in [6.45, 7) is 1.87. The SMILES string of the molecule is C[C@H](CN(C(=O)c1[nH]c2ccccc2c1Br)C1CC1)C(=O)O. The molecule has 22 heavy (non-hydrogen) atoms. The highest BCUT2D eigenvalue weighted by molar-refractivity contribution is 9.10. The number of aromatic nitrogens is 1. The molecule has 6 heteroatoms. The van der Waals surface area contributed by atoms with E-state index in [1.54, 1.807) is 11.8 Å². The normalized spacial score (nSPS) is 15.7. The number of carboxylic acids is 1. The lowest BCUT2D eigenvalue weighted by Gasteiger charge is -2.24. The molecule has 1 heterocycles. The van der Waals surface area contributed by atoms with E-state index in [0.717, 1.165) is 28.2 Å². The molecular formula is C16H17BrN2O3. The molecule has 3 rings (SSSR count). The van der Waals surface area contributed by atoms with Crippen LogP contribution in [0.4, 0.5) is 0 Å². The second-order valence-corrected chi connectivity index (χ2v) is 6.58. The first kappa shape index (κ1) is 15.1. The first-order chi connectivity index (χ1) is 10.5. The Morgan fingerprint density at radius 2 is 2.09 bits per heavy atom. The number of nitrogens with zero attached hydrogens (tertiary/aromatic N) is 1. The number of nitrogens with one attached hydrogen (secondary N) is 1. The summed E-state index contributed by atoms with van der Waals surface area (Å²) in [5, 5.41) is 10.1. The summed E-state index contributed by atoms with van der Waals surface area (Å²) in [7, 11) is 0. The summed E-state index contributed by atoms with van der Waals surface area (Å²) in [6, 6.07) is 7.84. The van der Waals surface area contributed by atoms with Gasteiger partial charge >= 0.3 is 5.97 Å². The van der Waals surface area contributed by atoms with Crippen LogP contribution in [0, 0.1) is 5.92 Å². The van der Waals surface area contributed by atoms with Crippen LogP contribution < -0.4 is 0 Å². The number of aliphatic carboxylic acids is 1. The van der Waals surface area contributed by atoms with E-state index in [4.69, 9.17) is 5.11 Å². The molecule has 1 aliphatic rings. The molecule has 0 aliphatic heterocycles. The van der Waals surface area contributed by atoms with Gasteiger partial charge in [-0.05, 0) is 34.8 Å². The Hall–Kier alpha value is -1.82. The molecule has 2 N–H and O–H groups in total. The lowest BCUT2D eigenvalue weighted by atomic mass is 10.1. The monoisotopic (exact) mass is 364 g/mol. The number of aromatic amines is 1. The fourth-order valence-corrected chi connectivity index (χ4v) is 3.17. The Morgan fingerprint density at radius 3 is 2.68 bits per heavy atom. The molecule has 1 aromatic heterocycles. The minimum absolute atomic E-state index is 0.140. The molecule has 1 amide bonds. The fraction of sp³-hybridized carbons (Fsp3) is 0.375. The molecule has 1 saturated carbocycles. The van der Waals surface area contributed by atoms with E-state index in [1.807, 2.05) is 24.3 Å². The van der Waals surface area contributed by atoms with Crippen molar-refractivity contribution in [3.8, 4) is 0 Å². The number of carbonyl (C=O) groups excluding carboxylic acids is 1. The molecule has 0 bridgehead atoms. The fourth-order valence-electron chi connectivity index (χ4n) is 2.56. The summed E-state index contributed by atoms with van der Waals surface area (Å²) >= 11 is 3.49.